The Kier molecular flexibility index (Phi) is 4.85. The van der Waals surface area contributed by atoms with Crippen molar-refractivity contribution >= 4 is 31.3 Å². The summed E-state index contributed by atoms with van der Waals surface area (Å²) in [5.74, 6) is 0.584. The predicted molar refractivity (Wildman–Crippen MR) is 97.8 cm³/mol. The number of hydrogen-bond donors (Lipinski definition) is 1. The number of nitrogens with zero attached hydrogens (tertiary/aromatic N) is 4. The lowest BCUT2D eigenvalue weighted by molar-refractivity contribution is 0.295. The van der Waals surface area contributed by atoms with Crippen molar-refractivity contribution in [2.75, 3.05) is 43.0 Å². The van der Waals surface area contributed by atoms with Gasteiger partial charge in [0.1, 0.15) is 0 Å². The Morgan fingerprint density at radius 1 is 1.29 bits per heavy atom. The van der Waals surface area contributed by atoms with Crippen molar-refractivity contribution < 1.29 is 8.42 Å². The summed E-state index contributed by atoms with van der Waals surface area (Å²) >= 11 is 1.56. The molecule has 1 N–H and O–H groups in total. The number of rotatable bonds is 5. The lowest BCUT2D eigenvalue weighted by atomic mass is 9.93. The number of aromatic nitrogens is 3. The molecule has 0 spiro atoms. The van der Waals surface area contributed by atoms with Crippen LogP contribution in [-0.2, 0) is 15.3 Å². The maximum Gasteiger partial charge on any atom is 0.214 e. The van der Waals surface area contributed by atoms with Gasteiger partial charge in [0.2, 0.25) is 10.1 Å². The second kappa shape index (κ2) is 6.61. The minimum Gasteiger partial charge on any atom is -0.360 e. The molecule has 0 saturated carbocycles. The van der Waals surface area contributed by atoms with Crippen LogP contribution in [0, 0.1) is 0 Å². The van der Waals surface area contributed by atoms with Gasteiger partial charge in [-0.05, 0) is 13.0 Å². The first kappa shape index (κ1) is 17.6. The topological polar surface area (TPSA) is 79.6 Å². The summed E-state index contributed by atoms with van der Waals surface area (Å²) in [4.78, 5) is 7.76. The minimum absolute atomic E-state index is 0.0307. The van der Waals surface area contributed by atoms with Crippen LogP contribution in [0.2, 0.25) is 0 Å². The summed E-state index contributed by atoms with van der Waals surface area (Å²) in [7, 11) is -2.79. The lowest BCUT2D eigenvalue weighted by Gasteiger charge is -2.26. The summed E-state index contributed by atoms with van der Waals surface area (Å²) in [6.45, 7) is 9.48. The predicted octanol–water partition coefficient (Wildman–Crippen LogP) is 1.62. The van der Waals surface area contributed by atoms with Crippen molar-refractivity contribution in [1.29, 1.82) is 0 Å². The molecule has 1 aliphatic heterocycles. The van der Waals surface area contributed by atoms with Crippen LogP contribution in [0.15, 0.2) is 6.20 Å². The van der Waals surface area contributed by atoms with E-state index in [9.17, 15) is 8.42 Å². The molecule has 2 aromatic heterocycles. The smallest absolute Gasteiger partial charge is 0.214 e. The molecule has 1 saturated heterocycles. The molecular weight excluding hydrogens is 346 g/mol. The zero-order valence-corrected chi connectivity index (χ0v) is 16.1. The fourth-order valence-corrected chi connectivity index (χ4v) is 4.69. The van der Waals surface area contributed by atoms with Crippen LogP contribution < -0.4 is 5.32 Å². The molecule has 0 radical (unpaired) electrons. The van der Waals surface area contributed by atoms with Crippen molar-refractivity contribution in [1.82, 2.24) is 19.5 Å². The Labute approximate surface area is 147 Å². The Hall–Kier alpha value is -1.19. The molecule has 0 amide bonds. The summed E-state index contributed by atoms with van der Waals surface area (Å²) in [5.41, 5.74) is 1.08. The number of sulfone groups is 1. The van der Waals surface area contributed by atoms with Crippen LogP contribution in [0.4, 0.5) is 5.13 Å². The van der Waals surface area contributed by atoms with E-state index in [1.165, 1.54) is 0 Å². The van der Waals surface area contributed by atoms with Crippen LogP contribution in [0.3, 0.4) is 0 Å². The van der Waals surface area contributed by atoms with Gasteiger partial charge < -0.3 is 10.2 Å². The van der Waals surface area contributed by atoms with Crippen LogP contribution in [0.5, 0.6) is 0 Å². The number of imidazole rings is 1. The van der Waals surface area contributed by atoms with E-state index in [2.05, 4.69) is 41.1 Å². The standard InChI is InChI=1S/C15H25N5O2S2/c1-15(2,3)12-11-20-14(17-12)23-13(18-20)16-5-4-6-19-7-9-24(21,22)10-8-19/h11H,4-10H2,1-3H3,(H,16,18). The third kappa shape index (κ3) is 4.25. The maximum absolute atomic E-state index is 11.4. The zero-order valence-electron chi connectivity index (χ0n) is 14.4. The second-order valence-electron chi connectivity index (χ2n) is 7.28. The zero-order chi connectivity index (χ0) is 17.4. The quantitative estimate of drug-likeness (QED) is 0.805. The van der Waals surface area contributed by atoms with E-state index in [4.69, 9.17) is 0 Å². The highest BCUT2D eigenvalue weighted by molar-refractivity contribution is 7.91. The maximum atomic E-state index is 11.4. The second-order valence-corrected chi connectivity index (χ2v) is 10.5. The van der Waals surface area contributed by atoms with Crippen molar-refractivity contribution in [2.45, 2.75) is 32.6 Å². The summed E-state index contributed by atoms with van der Waals surface area (Å²) in [6.07, 6.45) is 2.96. The Morgan fingerprint density at radius 3 is 2.62 bits per heavy atom. The third-order valence-corrected chi connectivity index (χ3v) is 6.67. The van der Waals surface area contributed by atoms with Crippen LogP contribution >= 0.6 is 11.3 Å². The van der Waals surface area contributed by atoms with E-state index in [0.717, 1.165) is 35.3 Å². The molecule has 1 aliphatic rings. The average molecular weight is 372 g/mol. The molecule has 0 bridgehead atoms. The first-order valence-corrected chi connectivity index (χ1v) is 10.9. The molecule has 3 rings (SSSR count). The van der Waals surface area contributed by atoms with Crippen molar-refractivity contribution in [3.05, 3.63) is 11.9 Å². The van der Waals surface area contributed by atoms with E-state index in [1.807, 2.05) is 10.7 Å². The van der Waals surface area contributed by atoms with Crippen LogP contribution in [0.25, 0.3) is 4.96 Å². The van der Waals surface area contributed by atoms with Crippen molar-refractivity contribution in [3.8, 4) is 0 Å². The monoisotopic (exact) mass is 371 g/mol. The van der Waals surface area contributed by atoms with Gasteiger partial charge in [0.25, 0.3) is 0 Å². The van der Waals surface area contributed by atoms with Gasteiger partial charge in [0, 0.05) is 25.0 Å². The fourth-order valence-electron chi connectivity index (χ4n) is 2.60. The molecule has 9 heteroatoms. The highest BCUT2D eigenvalue weighted by Crippen LogP contribution is 2.25. The van der Waals surface area contributed by atoms with Crippen LogP contribution in [-0.4, -0.2) is 65.6 Å². The number of hydrogen-bond acceptors (Lipinski definition) is 7. The van der Waals surface area contributed by atoms with Crippen molar-refractivity contribution in [2.24, 2.45) is 0 Å². The summed E-state index contributed by atoms with van der Waals surface area (Å²) < 4.78 is 24.6. The van der Waals surface area contributed by atoms with Crippen molar-refractivity contribution in [3.63, 3.8) is 0 Å². The van der Waals surface area contributed by atoms with Gasteiger partial charge in [-0.3, -0.25) is 0 Å². The van der Waals surface area contributed by atoms with E-state index < -0.39 is 9.84 Å². The van der Waals surface area contributed by atoms with Gasteiger partial charge in [0.15, 0.2) is 9.84 Å². The first-order chi connectivity index (χ1) is 11.2. The Balaban J connectivity index is 1.45. The molecule has 0 unspecified atom stereocenters. The molecule has 7 nitrogen and oxygen atoms in total. The van der Waals surface area contributed by atoms with Gasteiger partial charge in [-0.25, -0.2) is 17.9 Å². The van der Waals surface area contributed by atoms with Crippen LogP contribution in [0.1, 0.15) is 32.9 Å². The minimum atomic E-state index is -2.79. The molecular formula is C15H25N5O2S2. The van der Waals surface area contributed by atoms with E-state index in [-0.39, 0.29) is 5.41 Å². The molecule has 134 valence electrons. The molecule has 0 aliphatic carbocycles. The lowest BCUT2D eigenvalue weighted by Crippen LogP contribution is -2.41. The molecule has 0 atom stereocenters. The average Bonchev–Trinajstić information content (AvgIpc) is 3.03. The molecule has 0 aromatic carbocycles. The van der Waals surface area contributed by atoms with Gasteiger partial charge >= 0.3 is 0 Å². The Bertz CT molecular complexity index is 758. The molecule has 2 aromatic rings. The first-order valence-electron chi connectivity index (χ1n) is 8.26. The highest BCUT2D eigenvalue weighted by Gasteiger charge is 2.21. The highest BCUT2D eigenvalue weighted by atomic mass is 32.2. The van der Waals surface area contributed by atoms with E-state index >= 15 is 0 Å². The van der Waals surface area contributed by atoms with E-state index in [1.54, 1.807) is 11.3 Å². The summed E-state index contributed by atoms with van der Waals surface area (Å²) in [5, 5.41) is 8.73. The Morgan fingerprint density at radius 2 is 2.00 bits per heavy atom. The van der Waals surface area contributed by atoms with Gasteiger partial charge in [-0.2, -0.15) is 0 Å². The van der Waals surface area contributed by atoms with Gasteiger partial charge in [-0.1, -0.05) is 32.1 Å². The normalized spacial score (nSPS) is 19.0. The molecule has 3 heterocycles. The van der Waals surface area contributed by atoms with Gasteiger partial charge in [0.05, 0.1) is 23.4 Å². The summed E-state index contributed by atoms with van der Waals surface area (Å²) in [6, 6.07) is 0. The van der Waals surface area contributed by atoms with Gasteiger partial charge in [-0.15, -0.1) is 5.10 Å². The fraction of sp³-hybridized carbons (Fsp3) is 0.733. The molecule has 24 heavy (non-hydrogen) atoms. The van der Waals surface area contributed by atoms with E-state index in [0.29, 0.717) is 24.6 Å². The SMILES string of the molecule is CC(C)(C)c1cn2nc(NCCCN3CCS(=O)(=O)CC3)sc2n1. The number of anilines is 1. The number of fused-ring (bicyclic) bond motifs is 1. The third-order valence-electron chi connectivity index (χ3n) is 4.18. The number of nitrogens with one attached hydrogen (secondary N) is 1. The molecule has 1 fully saturated rings. The largest absolute Gasteiger partial charge is 0.360 e.